The van der Waals surface area contributed by atoms with Crippen LogP contribution >= 0.6 is 11.3 Å². The Morgan fingerprint density at radius 2 is 2.31 bits per heavy atom. The summed E-state index contributed by atoms with van der Waals surface area (Å²) in [6.07, 6.45) is 2.31. The summed E-state index contributed by atoms with van der Waals surface area (Å²) >= 11 is 1.43. The second-order valence-corrected chi connectivity index (χ2v) is 4.33. The first-order valence-corrected chi connectivity index (χ1v) is 5.31. The predicted octanol–water partition coefficient (Wildman–Crippen LogP) is 0.988. The van der Waals surface area contributed by atoms with Crippen LogP contribution in [0.5, 0.6) is 0 Å². The smallest absolute Gasteiger partial charge is 0.267 e. The molecule has 16 heavy (non-hydrogen) atoms. The number of fused-ring (bicyclic) bond motifs is 1. The van der Waals surface area contributed by atoms with Gasteiger partial charge in [0.2, 0.25) is 6.41 Å². The number of hydrogen-bond donors (Lipinski definition) is 1. The quantitative estimate of drug-likeness (QED) is 0.806. The molecule has 0 saturated heterocycles. The van der Waals surface area contributed by atoms with Crippen molar-refractivity contribution in [2.45, 2.75) is 0 Å². The van der Waals surface area contributed by atoms with Crippen LogP contribution in [0.15, 0.2) is 18.3 Å². The number of aromatic nitrogens is 1. The number of nitrogens with zero attached hydrogens (tertiary/aromatic N) is 2. The molecule has 0 atom stereocenters. The van der Waals surface area contributed by atoms with Crippen LogP contribution in [-0.2, 0) is 4.79 Å². The normalized spacial score (nSPS) is 10.3. The van der Waals surface area contributed by atoms with Gasteiger partial charge in [-0.15, -0.1) is 11.3 Å². The molecule has 2 amide bonds. The zero-order chi connectivity index (χ0) is 11.7. The average molecular weight is 235 g/mol. The van der Waals surface area contributed by atoms with E-state index in [0.717, 1.165) is 21.5 Å². The first-order valence-electron chi connectivity index (χ1n) is 4.49. The first kappa shape index (κ1) is 10.6. The molecule has 0 aromatic carbocycles. The highest BCUT2D eigenvalue weighted by molar-refractivity contribution is 7.22. The lowest BCUT2D eigenvalue weighted by Gasteiger charge is -2.04. The Morgan fingerprint density at radius 3 is 2.94 bits per heavy atom. The monoisotopic (exact) mass is 235 g/mol. The highest BCUT2D eigenvalue weighted by atomic mass is 32.1. The molecule has 0 fully saturated rings. The largest absolute Gasteiger partial charge is 0.364 e. The van der Waals surface area contributed by atoms with Crippen molar-refractivity contribution in [2.75, 3.05) is 11.9 Å². The topological polar surface area (TPSA) is 76.3 Å². The third-order valence-electron chi connectivity index (χ3n) is 2.15. The van der Waals surface area contributed by atoms with Gasteiger partial charge in [-0.25, -0.2) is 4.98 Å². The molecule has 0 aliphatic rings. The molecule has 0 radical (unpaired) electrons. The van der Waals surface area contributed by atoms with Gasteiger partial charge in [-0.3, -0.25) is 9.59 Å². The molecule has 82 valence electrons. The molecule has 5 nitrogen and oxygen atoms in total. The molecule has 2 heterocycles. The van der Waals surface area contributed by atoms with Gasteiger partial charge in [0.05, 0.1) is 9.70 Å². The van der Waals surface area contributed by atoms with Gasteiger partial charge in [0.25, 0.3) is 5.91 Å². The van der Waals surface area contributed by atoms with Crippen LogP contribution in [0.1, 0.15) is 10.5 Å². The minimum atomic E-state index is -0.557. The van der Waals surface area contributed by atoms with Crippen molar-refractivity contribution in [1.82, 2.24) is 4.98 Å². The van der Waals surface area contributed by atoms with Crippen molar-refractivity contribution >= 4 is 38.7 Å². The second kappa shape index (κ2) is 3.90. The Kier molecular flexibility index (Phi) is 2.57. The molecule has 0 unspecified atom stereocenters. The van der Waals surface area contributed by atoms with E-state index < -0.39 is 5.91 Å². The van der Waals surface area contributed by atoms with Gasteiger partial charge >= 0.3 is 0 Å². The molecule has 2 aromatic heterocycles. The number of nitrogens with two attached hydrogens (primary N) is 1. The van der Waals surface area contributed by atoms with E-state index in [9.17, 15) is 9.59 Å². The summed E-state index contributed by atoms with van der Waals surface area (Å²) in [5, 5.41) is 1.66. The van der Waals surface area contributed by atoms with Crippen molar-refractivity contribution in [1.29, 1.82) is 0 Å². The lowest BCUT2D eigenvalue weighted by Crippen LogP contribution is -2.12. The Bertz CT molecular complexity index is 564. The molecular formula is C10H9N3O2S. The van der Waals surface area contributed by atoms with Gasteiger partial charge in [-0.1, -0.05) is 0 Å². The fourth-order valence-electron chi connectivity index (χ4n) is 1.29. The number of rotatable bonds is 3. The van der Waals surface area contributed by atoms with Crippen molar-refractivity contribution in [3.8, 4) is 0 Å². The van der Waals surface area contributed by atoms with E-state index in [1.54, 1.807) is 19.3 Å². The van der Waals surface area contributed by atoms with E-state index in [2.05, 4.69) is 4.98 Å². The summed E-state index contributed by atoms with van der Waals surface area (Å²) in [7, 11) is 1.67. The van der Waals surface area contributed by atoms with E-state index in [-0.39, 0.29) is 5.69 Å². The fraction of sp³-hybridized carbons (Fsp3) is 0.100. The van der Waals surface area contributed by atoms with Crippen molar-refractivity contribution in [2.24, 2.45) is 5.73 Å². The van der Waals surface area contributed by atoms with Gasteiger partial charge in [-0.05, 0) is 17.5 Å². The molecule has 6 heteroatoms. The zero-order valence-corrected chi connectivity index (χ0v) is 9.32. The SMILES string of the molecule is CN(C=O)c1cc2cc(C(N)=O)ncc2s1. The molecule has 0 saturated carbocycles. The van der Waals surface area contributed by atoms with Crippen LogP contribution < -0.4 is 10.6 Å². The standard InChI is InChI=1S/C10H9N3O2S/c1-13(5-14)9-3-6-2-7(10(11)15)12-4-8(6)16-9/h2-5H,1H3,(H2,11,15). The Morgan fingerprint density at radius 1 is 1.56 bits per heavy atom. The Hall–Kier alpha value is -1.95. The fourth-order valence-corrected chi connectivity index (χ4v) is 2.23. The van der Waals surface area contributed by atoms with E-state index in [0.29, 0.717) is 0 Å². The minimum Gasteiger partial charge on any atom is -0.364 e. The summed E-state index contributed by atoms with van der Waals surface area (Å²) in [6, 6.07) is 3.44. The number of carbonyl (C=O) groups is 2. The lowest BCUT2D eigenvalue weighted by molar-refractivity contribution is -0.107. The Labute approximate surface area is 95.5 Å². The number of amides is 2. The van der Waals surface area contributed by atoms with Crippen molar-refractivity contribution < 1.29 is 9.59 Å². The predicted molar refractivity (Wildman–Crippen MR) is 62.6 cm³/mol. The highest BCUT2D eigenvalue weighted by Crippen LogP contribution is 2.31. The van der Waals surface area contributed by atoms with Crippen LogP contribution in [0, 0.1) is 0 Å². The van der Waals surface area contributed by atoms with Gasteiger partial charge in [0, 0.05) is 13.2 Å². The number of thiophene rings is 1. The van der Waals surface area contributed by atoms with Crippen molar-refractivity contribution in [3.63, 3.8) is 0 Å². The van der Waals surface area contributed by atoms with E-state index in [1.165, 1.54) is 16.2 Å². The van der Waals surface area contributed by atoms with Crippen molar-refractivity contribution in [3.05, 3.63) is 24.0 Å². The van der Waals surface area contributed by atoms with Gasteiger partial charge in [0.15, 0.2) is 0 Å². The third-order valence-corrected chi connectivity index (χ3v) is 3.33. The van der Waals surface area contributed by atoms with Gasteiger partial charge in [0.1, 0.15) is 5.69 Å². The summed E-state index contributed by atoms with van der Waals surface area (Å²) in [5.74, 6) is -0.557. The van der Waals surface area contributed by atoms with Gasteiger partial charge in [-0.2, -0.15) is 0 Å². The zero-order valence-electron chi connectivity index (χ0n) is 8.51. The lowest BCUT2D eigenvalue weighted by atomic mass is 10.2. The number of carbonyl (C=O) groups excluding carboxylic acids is 2. The average Bonchev–Trinajstić information content (AvgIpc) is 2.70. The molecule has 0 aliphatic heterocycles. The maximum Gasteiger partial charge on any atom is 0.267 e. The molecule has 2 rings (SSSR count). The van der Waals surface area contributed by atoms with Crippen LogP contribution in [0.4, 0.5) is 5.00 Å². The molecule has 2 N–H and O–H groups in total. The van der Waals surface area contributed by atoms with Gasteiger partial charge < -0.3 is 10.6 Å². The minimum absolute atomic E-state index is 0.227. The molecule has 2 aromatic rings. The van der Waals surface area contributed by atoms with Crippen LogP contribution in [0.2, 0.25) is 0 Å². The Balaban J connectivity index is 2.53. The second-order valence-electron chi connectivity index (χ2n) is 3.27. The third kappa shape index (κ3) is 1.74. The molecular weight excluding hydrogens is 226 g/mol. The summed E-state index contributed by atoms with van der Waals surface area (Å²) in [5.41, 5.74) is 5.36. The first-order chi connectivity index (χ1) is 7.61. The van der Waals surface area contributed by atoms with E-state index in [4.69, 9.17) is 5.73 Å². The number of anilines is 1. The number of hydrogen-bond acceptors (Lipinski definition) is 4. The number of primary amides is 1. The molecule has 0 spiro atoms. The molecule has 0 bridgehead atoms. The van der Waals surface area contributed by atoms with Crippen LogP contribution in [0.25, 0.3) is 10.1 Å². The molecule has 0 aliphatic carbocycles. The summed E-state index contributed by atoms with van der Waals surface area (Å²) in [6.45, 7) is 0. The van der Waals surface area contributed by atoms with Crippen LogP contribution in [-0.4, -0.2) is 24.3 Å². The summed E-state index contributed by atoms with van der Waals surface area (Å²) in [4.78, 5) is 26.9. The van der Waals surface area contributed by atoms with Crippen LogP contribution in [0.3, 0.4) is 0 Å². The van der Waals surface area contributed by atoms with E-state index >= 15 is 0 Å². The highest BCUT2D eigenvalue weighted by Gasteiger charge is 2.08. The number of pyridine rings is 1. The summed E-state index contributed by atoms with van der Waals surface area (Å²) < 4.78 is 0.911. The maximum absolute atomic E-state index is 10.9. The maximum atomic E-state index is 10.9. The van der Waals surface area contributed by atoms with E-state index in [1.807, 2.05) is 6.07 Å².